The van der Waals surface area contributed by atoms with Crippen molar-refractivity contribution in [3.8, 4) is 0 Å². The molecule has 0 saturated carbocycles. The molecule has 0 radical (unpaired) electrons. The number of fused-ring (bicyclic) bond motifs is 1. The molecule has 7 heteroatoms. The van der Waals surface area contributed by atoms with Crippen molar-refractivity contribution in [3.05, 3.63) is 42.1 Å². The van der Waals surface area contributed by atoms with Crippen LogP contribution < -0.4 is 0 Å². The Morgan fingerprint density at radius 3 is 2.58 bits per heavy atom. The van der Waals surface area contributed by atoms with Gasteiger partial charge < -0.3 is 0 Å². The van der Waals surface area contributed by atoms with Gasteiger partial charge in [0.25, 0.3) is 0 Å². The summed E-state index contributed by atoms with van der Waals surface area (Å²) in [5, 5.41) is 0.661. The Bertz CT molecular complexity index is 917. The molecule has 24 heavy (non-hydrogen) atoms. The Morgan fingerprint density at radius 1 is 1.25 bits per heavy atom. The summed E-state index contributed by atoms with van der Waals surface area (Å²) in [6.45, 7) is 0. The molecule has 1 aliphatic rings. The fourth-order valence-electron chi connectivity index (χ4n) is 2.98. The summed E-state index contributed by atoms with van der Waals surface area (Å²) < 4.78 is 61.6. The molecule has 0 saturated heterocycles. The van der Waals surface area contributed by atoms with E-state index in [0.717, 1.165) is 17.4 Å². The maximum absolute atomic E-state index is 12.8. The molecule has 1 atom stereocenters. The van der Waals surface area contributed by atoms with Crippen molar-refractivity contribution < 1.29 is 21.6 Å². The van der Waals surface area contributed by atoms with Crippen LogP contribution in [-0.4, -0.2) is 25.8 Å². The lowest BCUT2D eigenvalue weighted by molar-refractivity contribution is -0.175. The number of hydrogen-bond donors (Lipinski definition) is 0. The number of pyridine rings is 1. The number of rotatable bonds is 2. The topological polar surface area (TPSA) is 47.0 Å². The van der Waals surface area contributed by atoms with Gasteiger partial charge in [0.1, 0.15) is 0 Å². The highest BCUT2D eigenvalue weighted by atomic mass is 32.2. The van der Waals surface area contributed by atoms with E-state index in [-0.39, 0.29) is 17.7 Å². The van der Waals surface area contributed by atoms with Crippen LogP contribution in [0.25, 0.3) is 16.5 Å². The Labute approximate surface area is 138 Å². The third-order valence-corrected chi connectivity index (χ3v) is 5.41. The SMILES string of the molecule is CS(=O)(=O)c1cnc2c(C3=CCC(C(F)(F)F)CC3)cccc2c1. The van der Waals surface area contributed by atoms with E-state index < -0.39 is 21.9 Å². The van der Waals surface area contributed by atoms with Gasteiger partial charge in [0.05, 0.1) is 16.3 Å². The first-order chi connectivity index (χ1) is 11.2. The molecule has 0 bridgehead atoms. The summed E-state index contributed by atoms with van der Waals surface area (Å²) >= 11 is 0. The average Bonchev–Trinajstić information content (AvgIpc) is 2.52. The van der Waals surface area contributed by atoms with Crippen molar-refractivity contribution in [2.45, 2.75) is 30.3 Å². The number of nitrogens with zero attached hydrogens (tertiary/aromatic N) is 1. The minimum atomic E-state index is -4.16. The maximum Gasteiger partial charge on any atom is 0.392 e. The van der Waals surface area contributed by atoms with E-state index >= 15 is 0 Å². The molecular weight excluding hydrogens is 339 g/mol. The average molecular weight is 355 g/mol. The smallest absolute Gasteiger partial charge is 0.254 e. The second kappa shape index (κ2) is 5.88. The van der Waals surface area contributed by atoms with E-state index in [1.54, 1.807) is 24.3 Å². The molecule has 1 heterocycles. The largest absolute Gasteiger partial charge is 0.392 e. The van der Waals surface area contributed by atoms with Crippen LogP contribution in [0.2, 0.25) is 0 Å². The molecule has 3 rings (SSSR count). The summed E-state index contributed by atoms with van der Waals surface area (Å²) in [5.41, 5.74) is 2.22. The Kier molecular flexibility index (Phi) is 4.15. The molecule has 0 spiro atoms. The van der Waals surface area contributed by atoms with Crippen molar-refractivity contribution in [1.82, 2.24) is 4.98 Å². The zero-order valence-electron chi connectivity index (χ0n) is 13.0. The molecule has 3 nitrogen and oxygen atoms in total. The highest BCUT2D eigenvalue weighted by molar-refractivity contribution is 7.90. The van der Waals surface area contributed by atoms with Gasteiger partial charge in [-0.05, 0) is 30.9 Å². The molecule has 1 aromatic carbocycles. The molecule has 1 aromatic heterocycles. The maximum atomic E-state index is 12.8. The number of sulfone groups is 1. The van der Waals surface area contributed by atoms with Crippen LogP contribution in [0.5, 0.6) is 0 Å². The van der Waals surface area contributed by atoms with Crippen LogP contribution in [-0.2, 0) is 9.84 Å². The molecule has 128 valence electrons. The number of halogens is 3. The van der Waals surface area contributed by atoms with Gasteiger partial charge in [-0.1, -0.05) is 24.3 Å². The van der Waals surface area contributed by atoms with E-state index in [4.69, 9.17) is 0 Å². The highest BCUT2D eigenvalue weighted by Gasteiger charge is 2.39. The molecule has 1 aliphatic carbocycles. The first-order valence-electron chi connectivity index (χ1n) is 7.51. The number of aromatic nitrogens is 1. The number of alkyl halides is 3. The Balaban J connectivity index is 2.01. The Hall–Kier alpha value is -1.89. The minimum absolute atomic E-state index is 0.0311. The van der Waals surface area contributed by atoms with Crippen LogP contribution in [0.1, 0.15) is 24.8 Å². The molecule has 0 N–H and O–H groups in total. The summed E-state index contributed by atoms with van der Waals surface area (Å²) in [7, 11) is -3.36. The van der Waals surface area contributed by atoms with Crippen molar-refractivity contribution in [2.75, 3.05) is 6.26 Å². The van der Waals surface area contributed by atoms with Gasteiger partial charge in [-0.2, -0.15) is 13.2 Å². The summed E-state index contributed by atoms with van der Waals surface area (Å²) in [5.74, 6) is -1.29. The first kappa shape index (κ1) is 17.0. The third-order valence-electron chi connectivity index (χ3n) is 4.33. The lowest BCUT2D eigenvalue weighted by atomic mass is 9.85. The van der Waals surface area contributed by atoms with Crippen LogP contribution in [0.4, 0.5) is 13.2 Å². The highest BCUT2D eigenvalue weighted by Crippen LogP contribution is 2.40. The van der Waals surface area contributed by atoms with E-state index in [1.807, 2.05) is 6.07 Å². The van der Waals surface area contributed by atoms with Gasteiger partial charge in [-0.3, -0.25) is 4.98 Å². The molecule has 2 aromatic rings. The second-order valence-electron chi connectivity index (χ2n) is 6.06. The monoisotopic (exact) mass is 355 g/mol. The minimum Gasteiger partial charge on any atom is -0.254 e. The normalized spacial score (nSPS) is 19.3. The van der Waals surface area contributed by atoms with Crippen molar-refractivity contribution >= 4 is 26.3 Å². The predicted octanol–water partition coefficient (Wildman–Crippen LogP) is 4.38. The van der Waals surface area contributed by atoms with Gasteiger partial charge in [0, 0.05) is 23.4 Å². The van der Waals surface area contributed by atoms with Crippen molar-refractivity contribution in [1.29, 1.82) is 0 Å². The fraction of sp³-hybridized carbons (Fsp3) is 0.353. The van der Waals surface area contributed by atoms with Gasteiger partial charge in [0.2, 0.25) is 0 Å². The summed E-state index contributed by atoms with van der Waals surface area (Å²) in [4.78, 5) is 4.38. The molecule has 0 amide bonds. The summed E-state index contributed by atoms with van der Waals surface area (Å²) in [6.07, 6.45) is 0.234. The molecular formula is C17H16F3NO2S. The first-order valence-corrected chi connectivity index (χ1v) is 9.40. The zero-order chi connectivity index (χ0) is 17.5. The Morgan fingerprint density at radius 2 is 2.00 bits per heavy atom. The lowest BCUT2D eigenvalue weighted by Gasteiger charge is -2.24. The second-order valence-corrected chi connectivity index (χ2v) is 8.08. The van der Waals surface area contributed by atoms with Gasteiger partial charge in [-0.25, -0.2) is 8.42 Å². The standard InChI is InChI=1S/C17H16F3NO2S/c1-24(22,23)14-9-12-3-2-4-15(16(12)21-10-14)11-5-7-13(8-6-11)17(18,19)20/h2-5,9-10,13H,6-8H2,1H3. The quantitative estimate of drug-likeness (QED) is 0.803. The van der Waals surface area contributed by atoms with Crippen LogP contribution in [0, 0.1) is 5.92 Å². The molecule has 0 fully saturated rings. The molecule has 0 aliphatic heterocycles. The number of para-hydroxylation sites is 1. The van der Waals surface area contributed by atoms with Gasteiger partial charge in [0.15, 0.2) is 9.84 Å². The van der Waals surface area contributed by atoms with Crippen molar-refractivity contribution in [2.24, 2.45) is 5.92 Å². The number of benzene rings is 1. The zero-order valence-corrected chi connectivity index (χ0v) is 13.8. The van der Waals surface area contributed by atoms with Gasteiger partial charge >= 0.3 is 6.18 Å². The molecule has 1 unspecified atom stereocenters. The number of hydrogen-bond acceptors (Lipinski definition) is 3. The van der Waals surface area contributed by atoms with E-state index in [0.29, 0.717) is 17.3 Å². The predicted molar refractivity (Wildman–Crippen MR) is 86.2 cm³/mol. The van der Waals surface area contributed by atoms with Crippen LogP contribution >= 0.6 is 0 Å². The van der Waals surface area contributed by atoms with E-state index in [2.05, 4.69) is 4.98 Å². The van der Waals surface area contributed by atoms with Gasteiger partial charge in [-0.15, -0.1) is 0 Å². The van der Waals surface area contributed by atoms with Crippen LogP contribution in [0.15, 0.2) is 41.4 Å². The lowest BCUT2D eigenvalue weighted by Crippen LogP contribution is -2.24. The fourth-order valence-corrected chi connectivity index (χ4v) is 3.56. The summed E-state index contributed by atoms with van der Waals surface area (Å²) in [6, 6.07) is 6.88. The number of allylic oxidation sites excluding steroid dienone is 2. The van der Waals surface area contributed by atoms with Crippen molar-refractivity contribution in [3.63, 3.8) is 0 Å². The third kappa shape index (κ3) is 3.31. The van der Waals surface area contributed by atoms with Crippen LogP contribution in [0.3, 0.4) is 0 Å². The van der Waals surface area contributed by atoms with E-state index in [1.165, 1.54) is 6.20 Å². The van der Waals surface area contributed by atoms with E-state index in [9.17, 15) is 21.6 Å².